The van der Waals surface area contributed by atoms with Gasteiger partial charge < -0.3 is 10.8 Å². The number of nitriles is 1. The van der Waals surface area contributed by atoms with Gasteiger partial charge in [-0.3, -0.25) is 0 Å². The largest absolute Gasteiger partial charge is 0.508 e. The summed E-state index contributed by atoms with van der Waals surface area (Å²) in [6.45, 7) is 0.251. The van der Waals surface area contributed by atoms with Crippen molar-refractivity contribution in [1.82, 2.24) is 0 Å². The van der Waals surface area contributed by atoms with Crippen molar-refractivity contribution in [2.24, 2.45) is 5.73 Å². The van der Waals surface area contributed by atoms with E-state index in [4.69, 9.17) is 16.1 Å². The molecule has 0 unspecified atom stereocenters. The maximum atomic E-state index is 9.14. The highest BCUT2D eigenvalue weighted by Gasteiger charge is 1.98. The Morgan fingerprint density at radius 1 is 1.55 bits per heavy atom. The van der Waals surface area contributed by atoms with Gasteiger partial charge in [0.2, 0.25) is 0 Å². The Hall–Kier alpha value is -1.53. The number of phenols is 1. The van der Waals surface area contributed by atoms with Crippen LogP contribution in [0.25, 0.3) is 0 Å². The summed E-state index contributed by atoms with van der Waals surface area (Å²) in [5.41, 5.74) is 6.42. The van der Waals surface area contributed by atoms with Crippen molar-refractivity contribution in [2.75, 3.05) is 0 Å². The third-order valence-electron chi connectivity index (χ3n) is 1.43. The maximum Gasteiger partial charge on any atom is 0.120 e. The van der Waals surface area contributed by atoms with Crippen LogP contribution in [0.3, 0.4) is 0 Å². The molecule has 0 saturated heterocycles. The van der Waals surface area contributed by atoms with Crippen molar-refractivity contribution < 1.29 is 5.11 Å². The summed E-state index contributed by atoms with van der Waals surface area (Å²) in [4.78, 5) is 0. The van der Waals surface area contributed by atoms with Gasteiger partial charge in [0.05, 0.1) is 11.6 Å². The Bertz CT molecular complexity index is 301. The first-order chi connectivity index (χ1) is 5.27. The van der Waals surface area contributed by atoms with E-state index in [-0.39, 0.29) is 12.3 Å². The molecule has 0 aliphatic carbocycles. The van der Waals surface area contributed by atoms with Crippen LogP contribution in [0.5, 0.6) is 5.75 Å². The molecule has 1 rings (SSSR count). The van der Waals surface area contributed by atoms with Crippen LogP contribution in [0, 0.1) is 11.3 Å². The number of benzene rings is 1. The molecule has 3 N–H and O–H groups in total. The SMILES string of the molecule is N#Cc1ccc(O)c(CN)c1. The smallest absolute Gasteiger partial charge is 0.120 e. The molecule has 0 atom stereocenters. The second-order valence-electron chi connectivity index (χ2n) is 2.16. The number of hydrogen-bond donors (Lipinski definition) is 2. The van der Waals surface area contributed by atoms with Gasteiger partial charge in [-0.2, -0.15) is 5.26 Å². The summed E-state index contributed by atoms with van der Waals surface area (Å²) in [6, 6.07) is 6.56. The summed E-state index contributed by atoms with van der Waals surface area (Å²) in [5.74, 6) is 0.145. The van der Waals surface area contributed by atoms with Gasteiger partial charge in [-0.15, -0.1) is 0 Å². The number of rotatable bonds is 1. The topological polar surface area (TPSA) is 70.0 Å². The van der Waals surface area contributed by atoms with Crippen LogP contribution in [0.2, 0.25) is 0 Å². The fourth-order valence-electron chi connectivity index (χ4n) is 0.819. The second-order valence-corrected chi connectivity index (χ2v) is 2.16. The van der Waals surface area contributed by atoms with Gasteiger partial charge in [-0.05, 0) is 18.2 Å². The van der Waals surface area contributed by atoms with Crippen LogP contribution in [-0.4, -0.2) is 5.11 Å². The Morgan fingerprint density at radius 2 is 2.27 bits per heavy atom. The van der Waals surface area contributed by atoms with E-state index in [1.807, 2.05) is 6.07 Å². The Balaban J connectivity index is 3.15. The van der Waals surface area contributed by atoms with Crippen molar-refractivity contribution in [3.05, 3.63) is 29.3 Å². The molecule has 0 aliphatic heterocycles. The number of nitrogens with zero attached hydrogens (tertiary/aromatic N) is 1. The van der Waals surface area contributed by atoms with E-state index < -0.39 is 0 Å². The van der Waals surface area contributed by atoms with Crippen molar-refractivity contribution >= 4 is 0 Å². The van der Waals surface area contributed by atoms with E-state index in [2.05, 4.69) is 0 Å². The second kappa shape index (κ2) is 3.04. The first-order valence-corrected chi connectivity index (χ1v) is 3.20. The summed E-state index contributed by atoms with van der Waals surface area (Å²) in [7, 11) is 0. The van der Waals surface area contributed by atoms with E-state index in [9.17, 15) is 0 Å². The minimum Gasteiger partial charge on any atom is -0.508 e. The van der Waals surface area contributed by atoms with Gasteiger partial charge >= 0.3 is 0 Å². The van der Waals surface area contributed by atoms with Crippen LogP contribution in [-0.2, 0) is 6.54 Å². The minimum absolute atomic E-state index is 0.145. The lowest BCUT2D eigenvalue weighted by atomic mass is 10.1. The molecule has 0 spiro atoms. The minimum atomic E-state index is 0.145. The summed E-state index contributed by atoms with van der Waals surface area (Å²) in [5, 5.41) is 17.6. The zero-order chi connectivity index (χ0) is 8.27. The monoisotopic (exact) mass is 148 g/mol. The van der Waals surface area contributed by atoms with Gasteiger partial charge in [0, 0.05) is 12.1 Å². The highest BCUT2D eigenvalue weighted by atomic mass is 16.3. The van der Waals surface area contributed by atoms with Crippen LogP contribution < -0.4 is 5.73 Å². The number of hydrogen-bond acceptors (Lipinski definition) is 3. The lowest BCUT2D eigenvalue weighted by Crippen LogP contribution is -1.96. The first-order valence-electron chi connectivity index (χ1n) is 3.20. The van der Waals surface area contributed by atoms with Crippen molar-refractivity contribution in [1.29, 1.82) is 5.26 Å². The Kier molecular flexibility index (Phi) is 2.09. The van der Waals surface area contributed by atoms with E-state index >= 15 is 0 Å². The molecule has 0 saturated carbocycles. The van der Waals surface area contributed by atoms with Crippen molar-refractivity contribution in [3.63, 3.8) is 0 Å². The highest BCUT2D eigenvalue weighted by Crippen LogP contribution is 2.16. The van der Waals surface area contributed by atoms with Gasteiger partial charge in [0.15, 0.2) is 0 Å². The van der Waals surface area contributed by atoms with Gasteiger partial charge in [-0.1, -0.05) is 0 Å². The van der Waals surface area contributed by atoms with Crippen molar-refractivity contribution in [3.8, 4) is 11.8 Å². The predicted octanol–water partition coefficient (Wildman–Crippen LogP) is 0.723. The summed E-state index contributed by atoms with van der Waals surface area (Å²) in [6.07, 6.45) is 0. The molecule has 0 fully saturated rings. The van der Waals surface area contributed by atoms with E-state index in [1.54, 1.807) is 12.1 Å². The molecule has 0 amide bonds. The Labute approximate surface area is 64.7 Å². The summed E-state index contributed by atoms with van der Waals surface area (Å²) < 4.78 is 0. The number of aromatic hydroxyl groups is 1. The zero-order valence-corrected chi connectivity index (χ0v) is 5.91. The van der Waals surface area contributed by atoms with Crippen LogP contribution in [0.15, 0.2) is 18.2 Å². The first kappa shape index (κ1) is 7.58. The van der Waals surface area contributed by atoms with Gasteiger partial charge in [0.1, 0.15) is 5.75 Å². The standard InChI is InChI=1S/C8H8N2O/c9-4-6-1-2-8(11)7(3-6)5-10/h1-3,11H,5,10H2. The molecule has 0 radical (unpaired) electrons. The fourth-order valence-corrected chi connectivity index (χ4v) is 0.819. The van der Waals surface area contributed by atoms with Gasteiger partial charge in [-0.25, -0.2) is 0 Å². The lowest BCUT2D eigenvalue weighted by Gasteiger charge is -1.99. The third kappa shape index (κ3) is 1.48. The number of nitrogens with two attached hydrogens (primary N) is 1. The van der Waals surface area contributed by atoms with E-state index in [0.717, 1.165) is 0 Å². The molecule has 56 valence electrons. The molecule has 0 heterocycles. The molecule has 1 aromatic rings. The molecule has 3 nitrogen and oxygen atoms in total. The average molecular weight is 148 g/mol. The summed E-state index contributed by atoms with van der Waals surface area (Å²) >= 11 is 0. The van der Waals surface area contributed by atoms with E-state index in [1.165, 1.54) is 6.07 Å². The third-order valence-corrected chi connectivity index (χ3v) is 1.43. The molecule has 1 aromatic carbocycles. The maximum absolute atomic E-state index is 9.14. The van der Waals surface area contributed by atoms with Gasteiger partial charge in [0.25, 0.3) is 0 Å². The quantitative estimate of drug-likeness (QED) is 0.616. The lowest BCUT2D eigenvalue weighted by molar-refractivity contribution is 0.468. The zero-order valence-electron chi connectivity index (χ0n) is 5.91. The van der Waals surface area contributed by atoms with Crippen LogP contribution >= 0.6 is 0 Å². The normalized spacial score (nSPS) is 9.09. The van der Waals surface area contributed by atoms with Crippen LogP contribution in [0.4, 0.5) is 0 Å². The molecular weight excluding hydrogens is 140 g/mol. The molecule has 0 aliphatic rings. The molecule has 11 heavy (non-hydrogen) atoms. The number of phenolic OH excluding ortho intramolecular Hbond substituents is 1. The highest BCUT2D eigenvalue weighted by molar-refractivity contribution is 5.40. The molecule has 3 heteroatoms. The Morgan fingerprint density at radius 3 is 2.82 bits per heavy atom. The average Bonchev–Trinajstić information content (AvgIpc) is 2.05. The predicted molar refractivity (Wildman–Crippen MR) is 40.7 cm³/mol. The van der Waals surface area contributed by atoms with Crippen LogP contribution in [0.1, 0.15) is 11.1 Å². The molecular formula is C8H8N2O. The fraction of sp³-hybridized carbons (Fsp3) is 0.125. The van der Waals surface area contributed by atoms with Crippen molar-refractivity contribution in [2.45, 2.75) is 6.54 Å². The molecule has 0 bridgehead atoms. The van der Waals surface area contributed by atoms with E-state index in [0.29, 0.717) is 11.1 Å². The molecule has 0 aromatic heterocycles.